The first kappa shape index (κ1) is 18.4. The van der Waals surface area contributed by atoms with Crippen molar-refractivity contribution in [3.63, 3.8) is 0 Å². The van der Waals surface area contributed by atoms with Gasteiger partial charge in [-0.3, -0.25) is 0 Å². The minimum absolute atomic E-state index is 0. The topological polar surface area (TPSA) is 58.2 Å². The van der Waals surface area contributed by atoms with E-state index < -0.39 is 15.8 Å². The quantitative estimate of drug-likeness (QED) is 0.867. The zero-order valence-electron chi connectivity index (χ0n) is 12.1. The fourth-order valence-electron chi connectivity index (χ4n) is 2.51. The molecule has 0 bridgehead atoms. The lowest BCUT2D eigenvalue weighted by atomic mass is 9.96. The number of hydrogen-bond donors (Lipinski definition) is 2. The summed E-state index contributed by atoms with van der Waals surface area (Å²) in [6.07, 6.45) is 3.08. The molecule has 0 radical (unpaired) electrons. The van der Waals surface area contributed by atoms with Crippen LogP contribution in [-0.4, -0.2) is 28.1 Å². The van der Waals surface area contributed by atoms with E-state index in [4.69, 9.17) is 0 Å². The number of sulfonamides is 1. The molecule has 1 aromatic carbocycles. The summed E-state index contributed by atoms with van der Waals surface area (Å²) in [5, 5.41) is 3.30. The minimum Gasteiger partial charge on any atom is -0.316 e. The van der Waals surface area contributed by atoms with Crippen LogP contribution in [0.2, 0.25) is 0 Å². The van der Waals surface area contributed by atoms with E-state index in [9.17, 15) is 12.8 Å². The number of benzene rings is 1. The first-order chi connectivity index (χ1) is 9.47. The molecular formula is C14H22ClFN2O2S. The third-order valence-corrected chi connectivity index (χ3v) is 5.01. The van der Waals surface area contributed by atoms with E-state index in [1.54, 1.807) is 6.92 Å². The number of hydrogen-bond acceptors (Lipinski definition) is 3. The van der Waals surface area contributed by atoms with Gasteiger partial charge in [-0.05, 0) is 69.0 Å². The van der Waals surface area contributed by atoms with E-state index in [0.29, 0.717) is 18.0 Å². The highest BCUT2D eigenvalue weighted by atomic mass is 35.5. The van der Waals surface area contributed by atoms with Gasteiger partial charge in [0.25, 0.3) is 0 Å². The van der Waals surface area contributed by atoms with Crippen LogP contribution in [0.4, 0.5) is 4.39 Å². The van der Waals surface area contributed by atoms with Crippen molar-refractivity contribution in [2.24, 2.45) is 5.92 Å². The molecule has 1 aromatic rings. The monoisotopic (exact) mass is 336 g/mol. The lowest BCUT2D eigenvalue weighted by molar-refractivity contribution is 0.358. The molecule has 0 aliphatic carbocycles. The van der Waals surface area contributed by atoms with Crippen LogP contribution in [0.5, 0.6) is 0 Å². The SMILES string of the molecule is Cc1cc(F)cc(S(=O)(=O)NCCC2CCCNC2)c1.Cl. The minimum atomic E-state index is -3.62. The smallest absolute Gasteiger partial charge is 0.240 e. The van der Waals surface area contributed by atoms with Gasteiger partial charge in [0.2, 0.25) is 10.0 Å². The Labute approximate surface area is 132 Å². The van der Waals surface area contributed by atoms with Crippen LogP contribution in [0, 0.1) is 18.7 Å². The average Bonchev–Trinajstić information content (AvgIpc) is 2.38. The van der Waals surface area contributed by atoms with Gasteiger partial charge in [0.1, 0.15) is 5.82 Å². The highest BCUT2D eigenvalue weighted by Gasteiger charge is 2.17. The Hall–Kier alpha value is -0.690. The summed E-state index contributed by atoms with van der Waals surface area (Å²) >= 11 is 0. The molecule has 0 spiro atoms. The summed E-state index contributed by atoms with van der Waals surface area (Å²) in [5.41, 5.74) is 0.599. The second-order valence-electron chi connectivity index (χ2n) is 5.36. The molecule has 1 saturated heterocycles. The Morgan fingerprint density at radius 1 is 1.38 bits per heavy atom. The predicted octanol–water partition coefficient (Wildman–Crippen LogP) is 2.22. The number of nitrogens with one attached hydrogen (secondary N) is 2. The number of halogens is 2. The lowest BCUT2D eigenvalue weighted by Gasteiger charge is -2.22. The van der Waals surface area contributed by atoms with Crippen LogP contribution in [0.1, 0.15) is 24.8 Å². The molecule has 2 rings (SSSR count). The maximum Gasteiger partial charge on any atom is 0.240 e. The fraction of sp³-hybridized carbons (Fsp3) is 0.571. The zero-order chi connectivity index (χ0) is 14.6. The van der Waals surface area contributed by atoms with E-state index in [1.807, 2.05) is 0 Å². The van der Waals surface area contributed by atoms with Crippen molar-refractivity contribution in [2.45, 2.75) is 31.1 Å². The summed E-state index contributed by atoms with van der Waals surface area (Å²) in [6, 6.07) is 3.85. The Bertz CT molecular complexity index is 540. The molecule has 21 heavy (non-hydrogen) atoms. The van der Waals surface area contributed by atoms with Gasteiger partial charge in [0.05, 0.1) is 4.90 Å². The summed E-state index contributed by atoms with van der Waals surface area (Å²) in [6.45, 7) is 4.06. The van der Waals surface area contributed by atoms with Crippen molar-refractivity contribution in [3.8, 4) is 0 Å². The molecule has 1 aliphatic heterocycles. The first-order valence-corrected chi connectivity index (χ1v) is 8.43. The molecule has 1 unspecified atom stereocenters. The van der Waals surface area contributed by atoms with Gasteiger partial charge in [-0.1, -0.05) is 0 Å². The number of aryl methyl sites for hydroxylation is 1. The Kier molecular flexibility index (Phi) is 7.06. The maximum absolute atomic E-state index is 13.3. The van der Waals surface area contributed by atoms with Crippen molar-refractivity contribution < 1.29 is 12.8 Å². The Balaban J connectivity index is 0.00000220. The van der Waals surface area contributed by atoms with Gasteiger partial charge in [-0.25, -0.2) is 17.5 Å². The third-order valence-electron chi connectivity index (χ3n) is 3.57. The van der Waals surface area contributed by atoms with E-state index in [1.165, 1.54) is 12.1 Å². The van der Waals surface area contributed by atoms with Gasteiger partial charge in [0, 0.05) is 6.54 Å². The standard InChI is InChI=1S/C14H21FN2O2S.ClH/c1-11-7-13(15)9-14(8-11)20(18,19)17-6-4-12-3-2-5-16-10-12;/h7-9,12,16-17H,2-6,10H2,1H3;1H. The third kappa shape index (κ3) is 5.54. The molecule has 2 N–H and O–H groups in total. The highest BCUT2D eigenvalue weighted by Crippen LogP contribution is 2.16. The molecule has 0 aromatic heterocycles. The van der Waals surface area contributed by atoms with Crippen molar-refractivity contribution in [1.82, 2.24) is 10.0 Å². The average molecular weight is 337 g/mol. The van der Waals surface area contributed by atoms with E-state index in [0.717, 1.165) is 38.4 Å². The fourth-order valence-corrected chi connectivity index (χ4v) is 3.67. The van der Waals surface area contributed by atoms with Crippen molar-refractivity contribution in [1.29, 1.82) is 0 Å². The Morgan fingerprint density at radius 3 is 2.76 bits per heavy atom. The summed E-state index contributed by atoms with van der Waals surface area (Å²) in [4.78, 5) is -0.00299. The molecule has 120 valence electrons. The van der Waals surface area contributed by atoms with Crippen LogP contribution >= 0.6 is 12.4 Å². The molecule has 0 amide bonds. The maximum atomic E-state index is 13.3. The van der Waals surface area contributed by atoms with Crippen LogP contribution in [0.15, 0.2) is 23.1 Å². The van der Waals surface area contributed by atoms with E-state index >= 15 is 0 Å². The molecule has 7 heteroatoms. The van der Waals surface area contributed by atoms with Crippen LogP contribution in [0.25, 0.3) is 0 Å². The van der Waals surface area contributed by atoms with Gasteiger partial charge >= 0.3 is 0 Å². The predicted molar refractivity (Wildman–Crippen MR) is 83.8 cm³/mol. The second-order valence-corrected chi connectivity index (χ2v) is 7.13. The van der Waals surface area contributed by atoms with Crippen LogP contribution < -0.4 is 10.0 Å². The van der Waals surface area contributed by atoms with Crippen molar-refractivity contribution in [3.05, 3.63) is 29.6 Å². The van der Waals surface area contributed by atoms with Crippen molar-refractivity contribution >= 4 is 22.4 Å². The Morgan fingerprint density at radius 2 is 2.14 bits per heavy atom. The summed E-state index contributed by atoms with van der Waals surface area (Å²) in [7, 11) is -3.62. The lowest BCUT2D eigenvalue weighted by Crippen LogP contribution is -2.33. The number of rotatable bonds is 5. The van der Waals surface area contributed by atoms with Gasteiger partial charge in [-0.15, -0.1) is 12.4 Å². The van der Waals surface area contributed by atoms with Crippen LogP contribution in [0.3, 0.4) is 0 Å². The second kappa shape index (κ2) is 8.08. The van der Waals surface area contributed by atoms with Crippen LogP contribution in [-0.2, 0) is 10.0 Å². The molecule has 1 heterocycles. The molecule has 0 saturated carbocycles. The molecule has 1 fully saturated rings. The van der Waals surface area contributed by atoms with Gasteiger partial charge in [0.15, 0.2) is 0 Å². The highest BCUT2D eigenvalue weighted by molar-refractivity contribution is 7.89. The molecular weight excluding hydrogens is 315 g/mol. The number of piperidine rings is 1. The van der Waals surface area contributed by atoms with Gasteiger partial charge in [-0.2, -0.15) is 0 Å². The normalized spacial score (nSPS) is 19.0. The van der Waals surface area contributed by atoms with Crippen molar-refractivity contribution in [2.75, 3.05) is 19.6 Å². The summed E-state index contributed by atoms with van der Waals surface area (Å²) < 4.78 is 40.0. The first-order valence-electron chi connectivity index (χ1n) is 6.95. The molecule has 4 nitrogen and oxygen atoms in total. The summed E-state index contributed by atoms with van der Waals surface area (Å²) in [5.74, 6) is -0.0115. The van der Waals surface area contributed by atoms with Gasteiger partial charge < -0.3 is 5.32 Å². The van der Waals surface area contributed by atoms with E-state index in [2.05, 4.69) is 10.0 Å². The van der Waals surface area contributed by atoms with E-state index in [-0.39, 0.29) is 17.3 Å². The molecule has 1 aliphatic rings. The molecule has 1 atom stereocenters. The zero-order valence-corrected chi connectivity index (χ0v) is 13.7. The largest absolute Gasteiger partial charge is 0.316 e.